The van der Waals surface area contributed by atoms with E-state index in [0.717, 1.165) is 31.0 Å². The first-order valence-electron chi connectivity index (χ1n) is 10.9. The maximum Gasteiger partial charge on any atom is 0.238 e. The van der Waals surface area contributed by atoms with Gasteiger partial charge in [0.05, 0.1) is 16.9 Å². The number of rotatable bonds is 6. The Labute approximate surface area is 193 Å². The van der Waals surface area contributed by atoms with E-state index >= 15 is 0 Å². The molecule has 1 aromatic carbocycles. The van der Waals surface area contributed by atoms with Crippen molar-refractivity contribution in [2.75, 3.05) is 11.9 Å². The summed E-state index contributed by atoms with van der Waals surface area (Å²) in [6, 6.07) is 8.67. The average Bonchev–Trinajstić information content (AvgIpc) is 3.35. The van der Waals surface area contributed by atoms with Crippen LogP contribution in [0.3, 0.4) is 0 Å². The highest BCUT2D eigenvalue weighted by Gasteiger charge is 2.31. The summed E-state index contributed by atoms with van der Waals surface area (Å²) in [4.78, 5) is 16.3. The summed E-state index contributed by atoms with van der Waals surface area (Å²) in [6.45, 7) is 4.09. The van der Waals surface area contributed by atoms with Gasteiger partial charge in [0.1, 0.15) is 11.1 Å². The Balaban J connectivity index is 1.46. The Kier molecular flexibility index (Phi) is 6.67. The molecule has 4 rings (SSSR count). The minimum Gasteiger partial charge on any atom is -0.316 e. The van der Waals surface area contributed by atoms with Crippen LogP contribution in [0.2, 0.25) is 0 Å². The van der Waals surface area contributed by atoms with Crippen LogP contribution in [0.15, 0.2) is 29.2 Å². The van der Waals surface area contributed by atoms with Gasteiger partial charge in [-0.1, -0.05) is 25.0 Å². The molecule has 3 N–H and O–H groups in total. The quantitative estimate of drug-likeness (QED) is 0.668. The normalized spacial score (nSPS) is 19.5. The van der Waals surface area contributed by atoms with E-state index in [1.807, 2.05) is 0 Å². The van der Waals surface area contributed by atoms with Crippen LogP contribution in [0.5, 0.6) is 0 Å². The van der Waals surface area contributed by atoms with Gasteiger partial charge in [-0.25, -0.2) is 13.6 Å². The van der Waals surface area contributed by atoms with Crippen molar-refractivity contribution in [1.29, 1.82) is 5.26 Å². The molecule has 1 aromatic heterocycles. The SMILES string of the molecule is CC1Cc2sc(NC(=O)Cc3ccc(S(N)(=O)=O)cc3)c(C#N)c2CN1CC1CCCC1. The van der Waals surface area contributed by atoms with Gasteiger partial charge in [0.25, 0.3) is 0 Å². The number of hydrogen-bond acceptors (Lipinski definition) is 6. The molecule has 0 bridgehead atoms. The molecule has 1 atom stereocenters. The standard InChI is InChI=1S/C23H28N4O3S2/c1-15-10-21-20(14-27(15)13-17-4-2-3-5-17)19(12-24)23(31-21)26-22(28)11-16-6-8-18(9-7-16)32(25,29)30/h6-9,15,17H,2-5,10-11,13-14H2,1H3,(H,26,28)(H2,25,29,30). The molecule has 1 saturated carbocycles. The van der Waals surface area contributed by atoms with Crippen LogP contribution >= 0.6 is 11.3 Å². The predicted octanol–water partition coefficient (Wildman–Crippen LogP) is 3.39. The largest absolute Gasteiger partial charge is 0.316 e. The fraction of sp³-hybridized carbons (Fsp3) is 0.478. The molecular weight excluding hydrogens is 444 g/mol. The van der Waals surface area contributed by atoms with Crippen molar-refractivity contribution in [1.82, 2.24) is 4.90 Å². The first-order valence-corrected chi connectivity index (χ1v) is 13.3. The summed E-state index contributed by atoms with van der Waals surface area (Å²) in [6.07, 6.45) is 6.21. The zero-order valence-electron chi connectivity index (χ0n) is 18.1. The zero-order valence-corrected chi connectivity index (χ0v) is 19.8. The molecule has 1 fully saturated rings. The number of hydrogen-bond donors (Lipinski definition) is 2. The van der Waals surface area contributed by atoms with Crippen LogP contribution in [0.1, 0.15) is 54.2 Å². The van der Waals surface area contributed by atoms with Crippen LogP contribution in [0, 0.1) is 17.2 Å². The monoisotopic (exact) mass is 472 g/mol. The minimum atomic E-state index is -3.76. The van der Waals surface area contributed by atoms with Gasteiger partial charge >= 0.3 is 0 Å². The number of fused-ring (bicyclic) bond motifs is 1. The molecular formula is C23H28N4O3S2. The molecule has 9 heteroatoms. The second-order valence-corrected chi connectivity index (χ2v) is 11.5. The maximum atomic E-state index is 12.6. The van der Waals surface area contributed by atoms with Crippen molar-refractivity contribution in [2.45, 2.75) is 62.9 Å². The van der Waals surface area contributed by atoms with Crippen molar-refractivity contribution in [3.63, 3.8) is 0 Å². The molecule has 2 aromatic rings. The minimum absolute atomic E-state index is 0.00985. The third-order valence-electron chi connectivity index (χ3n) is 6.50. The van der Waals surface area contributed by atoms with Crippen LogP contribution in [-0.4, -0.2) is 31.8 Å². The van der Waals surface area contributed by atoms with Gasteiger partial charge in [0.2, 0.25) is 15.9 Å². The summed E-state index contributed by atoms with van der Waals surface area (Å²) in [5.41, 5.74) is 2.30. The molecule has 32 heavy (non-hydrogen) atoms. The fourth-order valence-electron chi connectivity index (χ4n) is 4.73. The van der Waals surface area contributed by atoms with Crippen molar-refractivity contribution in [2.24, 2.45) is 11.1 Å². The number of primary sulfonamides is 1. The van der Waals surface area contributed by atoms with Gasteiger partial charge in [-0.05, 0) is 49.8 Å². The van der Waals surface area contributed by atoms with Crippen molar-refractivity contribution in [3.05, 3.63) is 45.8 Å². The third kappa shape index (κ3) is 5.04. The second kappa shape index (κ2) is 9.32. The Bertz CT molecular complexity index is 1140. The van der Waals surface area contributed by atoms with Gasteiger partial charge < -0.3 is 5.32 Å². The number of thiophene rings is 1. The number of carbonyl (C=O) groups excluding carboxylic acids is 1. The average molecular weight is 473 g/mol. The molecule has 1 unspecified atom stereocenters. The van der Waals surface area contributed by atoms with E-state index in [-0.39, 0.29) is 17.2 Å². The summed E-state index contributed by atoms with van der Waals surface area (Å²) >= 11 is 1.50. The molecule has 0 saturated heterocycles. The lowest BCUT2D eigenvalue weighted by Gasteiger charge is -2.35. The number of benzene rings is 1. The summed E-state index contributed by atoms with van der Waals surface area (Å²) in [7, 11) is -3.76. The van der Waals surface area contributed by atoms with Crippen LogP contribution in [-0.2, 0) is 34.2 Å². The molecule has 0 spiro atoms. The fourth-order valence-corrected chi connectivity index (χ4v) is 6.54. The Morgan fingerprint density at radius 2 is 1.97 bits per heavy atom. The molecule has 2 heterocycles. The van der Waals surface area contributed by atoms with Crippen molar-refractivity contribution >= 4 is 32.3 Å². The number of carbonyl (C=O) groups is 1. The van der Waals surface area contributed by atoms with E-state index in [0.29, 0.717) is 22.2 Å². The molecule has 2 aliphatic rings. The van der Waals surface area contributed by atoms with Crippen LogP contribution in [0.25, 0.3) is 0 Å². The van der Waals surface area contributed by atoms with Gasteiger partial charge in [-0.3, -0.25) is 9.69 Å². The van der Waals surface area contributed by atoms with Crippen molar-refractivity contribution in [3.8, 4) is 6.07 Å². The number of nitrogens with zero attached hydrogens (tertiary/aromatic N) is 2. The second-order valence-electron chi connectivity index (χ2n) is 8.87. The van der Waals surface area contributed by atoms with Gasteiger partial charge in [0.15, 0.2) is 0 Å². The van der Waals surface area contributed by atoms with E-state index in [9.17, 15) is 18.5 Å². The van der Waals surface area contributed by atoms with E-state index in [1.54, 1.807) is 12.1 Å². The molecule has 1 aliphatic carbocycles. The van der Waals surface area contributed by atoms with Gasteiger partial charge in [0, 0.05) is 29.6 Å². The van der Waals surface area contributed by atoms with E-state index < -0.39 is 10.0 Å². The Morgan fingerprint density at radius 3 is 2.59 bits per heavy atom. The van der Waals surface area contributed by atoms with Crippen LogP contribution in [0.4, 0.5) is 5.00 Å². The molecule has 1 amide bonds. The lowest BCUT2D eigenvalue weighted by molar-refractivity contribution is -0.115. The summed E-state index contributed by atoms with van der Waals surface area (Å²) in [5.74, 6) is 0.516. The first-order chi connectivity index (χ1) is 15.2. The first kappa shape index (κ1) is 22.9. The number of nitrogens with two attached hydrogens (primary N) is 1. The van der Waals surface area contributed by atoms with E-state index in [2.05, 4.69) is 23.2 Å². The highest BCUT2D eigenvalue weighted by atomic mass is 32.2. The third-order valence-corrected chi connectivity index (χ3v) is 8.60. The summed E-state index contributed by atoms with van der Waals surface area (Å²) < 4.78 is 22.8. The van der Waals surface area contributed by atoms with E-state index in [1.165, 1.54) is 54.0 Å². The predicted molar refractivity (Wildman–Crippen MR) is 125 cm³/mol. The molecule has 1 aliphatic heterocycles. The molecule has 170 valence electrons. The lowest BCUT2D eigenvalue weighted by atomic mass is 9.97. The Morgan fingerprint density at radius 1 is 1.28 bits per heavy atom. The number of amides is 1. The smallest absolute Gasteiger partial charge is 0.238 e. The number of nitrogens with one attached hydrogen (secondary N) is 1. The number of nitriles is 1. The Hall–Kier alpha value is -2.25. The van der Waals surface area contributed by atoms with Gasteiger partial charge in [-0.2, -0.15) is 5.26 Å². The van der Waals surface area contributed by atoms with Gasteiger partial charge in [-0.15, -0.1) is 11.3 Å². The summed E-state index contributed by atoms with van der Waals surface area (Å²) in [5, 5.41) is 18.5. The lowest BCUT2D eigenvalue weighted by Crippen LogP contribution is -2.40. The zero-order chi connectivity index (χ0) is 22.9. The van der Waals surface area contributed by atoms with E-state index in [4.69, 9.17) is 5.14 Å². The topological polar surface area (TPSA) is 116 Å². The number of sulfonamides is 1. The highest BCUT2D eigenvalue weighted by Crippen LogP contribution is 2.39. The molecule has 7 nitrogen and oxygen atoms in total. The highest BCUT2D eigenvalue weighted by molar-refractivity contribution is 7.89. The van der Waals surface area contributed by atoms with Crippen molar-refractivity contribution < 1.29 is 13.2 Å². The van der Waals surface area contributed by atoms with Crippen LogP contribution < -0.4 is 10.5 Å². The number of anilines is 1. The maximum absolute atomic E-state index is 12.6. The molecule has 0 radical (unpaired) electrons.